The molecule has 0 radical (unpaired) electrons. The molecule has 0 atom stereocenters. The van der Waals surface area contributed by atoms with Crippen LogP contribution >= 0.6 is 11.6 Å². The lowest BCUT2D eigenvalue weighted by Gasteiger charge is -2.29. The summed E-state index contributed by atoms with van der Waals surface area (Å²) in [5, 5.41) is 3.13. The quantitative estimate of drug-likeness (QED) is 0.389. The molecule has 34 heavy (non-hydrogen) atoms. The Labute approximate surface area is 201 Å². The summed E-state index contributed by atoms with van der Waals surface area (Å²) in [6.07, 6.45) is 0. The highest BCUT2D eigenvalue weighted by Gasteiger charge is 2.26. The number of esters is 1. The largest absolute Gasteiger partial charge is 0.423 e. The van der Waals surface area contributed by atoms with Gasteiger partial charge in [0, 0.05) is 22.1 Å². The maximum absolute atomic E-state index is 12.7. The number of rotatable bonds is 6. The number of nitrogens with one attached hydrogen (secondary N) is 2. The highest BCUT2D eigenvalue weighted by atomic mass is 35.5. The number of anilines is 3. The Morgan fingerprint density at radius 1 is 1.09 bits per heavy atom. The van der Waals surface area contributed by atoms with Gasteiger partial charge in [0.05, 0.1) is 17.1 Å². The first-order valence-corrected chi connectivity index (χ1v) is 12.0. The van der Waals surface area contributed by atoms with Gasteiger partial charge in [0.25, 0.3) is 10.0 Å². The molecule has 4 rings (SSSR count). The second kappa shape index (κ2) is 9.27. The van der Waals surface area contributed by atoms with E-state index in [0.717, 1.165) is 0 Å². The van der Waals surface area contributed by atoms with Crippen LogP contribution in [0.3, 0.4) is 0 Å². The first-order chi connectivity index (χ1) is 16.1. The smallest absolute Gasteiger partial charge is 0.331 e. The number of carbonyl (C=O) groups is 2. The van der Waals surface area contributed by atoms with Crippen molar-refractivity contribution in [3.05, 3.63) is 64.9 Å². The van der Waals surface area contributed by atoms with E-state index in [1.165, 1.54) is 24.3 Å². The minimum Gasteiger partial charge on any atom is -0.423 e. The maximum Gasteiger partial charge on any atom is 0.331 e. The Kier molecular flexibility index (Phi) is 6.40. The van der Waals surface area contributed by atoms with Gasteiger partial charge in [0.2, 0.25) is 11.9 Å². The van der Waals surface area contributed by atoms with Gasteiger partial charge in [0.1, 0.15) is 6.54 Å². The minimum atomic E-state index is -3.92. The van der Waals surface area contributed by atoms with Crippen LogP contribution in [-0.2, 0) is 19.6 Å². The van der Waals surface area contributed by atoms with E-state index in [4.69, 9.17) is 16.3 Å². The maximum atomic E-state index is 12.7. The summed E-state index contributed by atoms with van der Waals surface area (Å²) in [5.41, 5.74) is 2.19. The van der Waals surface area contributed by atoms with Crippen LogP contribution in [0.2, 0.25) is 5.02 Å². The van der Waals surface area contributed by atoms with Gasteiger partial charge in [-0.3, -0.25) is 4.79 Å². The molecule has 0 spiro atoms. The third kappa shape index (κ3) is 5.43. The molecule has 0 unspecified atom stereocenters. The molecule has 2 aromatic carbocycles. The number of carbonyl (C=O) groups excluding carboxylic acids is 2. The standard InChI is InChI=1S/C22H20ClN5O5S/c1-13-9-14(2)25-22(24-13)27-34(31,32)17-6-4-16(5-7-17)26-20(29)11-28-12-21(30)33-19-8-3-15(23)10-18(19)28/h3-10H,11-12H2,1-2H3,(H,26,29)(H,24,25,27). The van der Waals surface area contributed by atoms with Crippen molar-refractivity contribution in [1.29, 1.82) is 0 Å². The van der Waals surface area contributed by atoms with E-state index < -0.39 is 21.9 Å². The molecule has 0 bridgehead atoms. The zero-order chi connectivity index (χ0) is 24.5. The third-order valence-electron chi connectivity index (χ3n) is 4.80. The number of nitrogens with zero attached hydrogens (tertiary/aromatic N) is 3. The van der Waals surface area contributed by atoms with Crippen LogP contribution in [0.15, 0.2) is 53.4 Å². The van der Waals surface area contributed by atoms with Gasteiger partial charge in [-0.15, -0.1) is 0 Å². The van der Waals surface area contributed by atoms with Gasteiger partial charge in [-0.2, -0.15) is 0 Å². The van der Waals surface area contributed by atoms with Crippen LogP contribution in [0.25, 0.3) is 0 Å². The summed E-state index contributed by atoms with van der Waals surface area (Å²) in [6, 6.07) is 12.1. The Morgan fingerprint density at radius 2 is 1.76 bits per heavy atom. The van der Waals surface area contributed by atoms with Crippen LogP contribution in [0.5, 0.6) is 5.75 Å². The molecular formula is C22H20ClN5O5S. The Morgan fingerprint density at radius 3 is 2.44 bits per heavy atom. The topological polar surface area (TPSA) is 131 Å². The van der Waals surface area contributed by atoms with Crippen molar-refractivity contribution in [2.24, 2.45) is 0 Å². The molecule has 0 saturated carbocycles. The molecule has 2 heterocycles. The predicted molar refractivity (Wildman–Crippen MR) is 127 cm³/mol. The van der Waals surface area contributed by atoms with E-state index in [9.17, 15) is 18.0 Å². The highest BCUT2D eigenvalue weighted by Crippen LogP contribution is 2.34. The number of aromatic nitrogens is 2. The molecule has 0 saturated heterocycles. The van der Waals surface area contributed by atoms with Crippen molar-refractivity contribution >= 4 is 50.8 Å². The Balaban J connectivity index is 1.43. The Hall–Kier alpha value is -3.70. The predicted octanol–water partition coefficient (Wildman–Crippen LogP) is 2.91. The summed E-state index contributed by atoms with van der Waals surface area (Å²) >= 11 is 6.03. The van der Waals surface area contributed by atoms with Crippen LogP contribution in [0.1, 0.15) is 11.4 Å². The zero-order valence-corrected chi connectivity index (χ0v) is 19.8. The van der Waals surface area contributed by atoms with Crippen LogP contribution < -0.4 is 19.7 Å². The van der Waals surface area contributed by atoms with Gasteiger partial charge < -0.3 is 15.0 Å². The van der Waals surface area contributed by atoms with E-state index in [1.807, 2.05) is 0 Å². The van der Waals surface area contributed by atoms with Gasteiger partial charge in [-0.25, -0.2) is 27.9 Å². The number of amides is 1. The third-order valence-corrected chi connectivity index (χ3v) is 6.38. The van der Waals surface area contributed by atoms with E-state index in [1.54, 1.807) is 43.0 Å². The van der Waals surface area contributed by atoms with Crippen molar-refractivity contribution in [2.45, 2.75) is 18.7 Å². The number of fused-ring (bicyclic) bond motifs is 1. The van der Waals surface area contributed by atoms with Crippen molar-refractivity contribution in [1.82, 2.24) is 9.97 Å². The van der Waals surface area contributed by atoms with Gasteiger partial charge in [-0.05, 0) is 62.4 Å². The number of ether oxygens (including phenoxy) is 1. The summed E-state index contributed by atoms with van der Waals surface area (Å²) in [6.45, 7) is 3.24. The van der Waals surface area contributed by atoms with Crippen LogP contribution in [0.4, 0.5) is 17.3 Å². The van der Waals surface area contributed by atoms with E-state index in [2.05, 4.69) is 20.0 Å². The lowest BCUT2D eigenvalue weighted by Crippen LogP contribution is -2.41. The van der Waals surface area contributed by atoms with Crippen molar-refractivity contribution in [2.75, 3.05) is 28.0 Å². The number of halogens is 1. The molecule has 176 valence electrons. The first kappa shape index (κ1) is 23.5. The van der Waals surface area contributed by atoms with E-state index >= 15 is 0 Å². The second-order valence-electron chi connectivity index (χ2n) is 7.59. The highest BCUT2D eigenvalue weighted by molar-refractivity contribution is 7.92. The van der Waals surface area contributed by atoms with Gasteiger partial charge >= 0.3 is 5.97 Å². The molecular weight excluding hydrogens is 482 g/mol. The first-order valence-electron chi connectivity index (χ1n) is 10.1. The molecule has 3 aromatic rings. The molecule has 0 fully saturated rings. The number of benzene rings is 2. The molecule has 10 nitrogen and oxygen atoms in total. The fourth-order valence-electron chi connectivity index (χ4n) is 3.40. The minimum absolute atomic E-state index is 0.0180. The summed E-state index contributed by atoms with van der Waals surface area (Å²) in [4.78, 5) is 34.1. The fourth-order valence-corrected chi connectivity index (χ4v) is 4.51. The molecule has 2 N–H and O–H groups in total. The number of sulfonamides is 1. The van der Waals surface area contributed by atoms with Gasteiger partial charge in [0.15, 0.2) is 5.75 Å². The fraction of sp³-hybridized carbons (Fsp3) is 0.182. The molecule has 1 amide bonds. The molecule has 0 aliphatic carbocycles. The summed E-state index contributed by atoms with van der Waals surface area (Å²) < 4.78 is 32.8. The zero-order valence-electron chi connectivity index (χ0n) is 18.2. The summed E-state index contributed by atoms with van der Waals surface area (Å²) in [7, 11) is -3.92. The average molecular weight is 502 g/mol. The van der Waals surface area contributed by atoms with Crippen LogP contribution in [-0.4, -0.2) is 43.4 Å². The number of aryl methyl sites for hydroxylation is 2. The van der Waals surface area contributed by atoms with Crippen molar-refractivity contribution in [3.8, 4) is 5.75 Å². The molecule has 1 aliphatic heterocycles. The van der Waals surface area contributed by atoms with Crippen molar-refractivity contribution in [3.63, 3.8) is 0 Å². The lowest BCUT2D eigenvalue weighted by atomic mass is 10.2. The molecule has 1 aromatic heterocycles. The molecule has 1 aliphatic rings. The normalized spacial score (nSPS) is 13.1. The average Bonchev–Trinajstić information content (AvgIpc) is 2.73. The summed E-state index contributed by atoms with van der Waals surface area (Å²) in [5.74, 6) is -0.589. The van der Waals surface area contributed by atoms with Crippen molar-refractivity contribution < 1.29 is 22.7 Å². The van der Waals surface area contributed by atoms with E-state index in [0.29, 0.717) is 33.5 Å². The monoisotopic (exact) mass is 501 g/mol. The Bertz CT molecular complexity index is 1360. The number of hydrogen-bond acceptors (Lipinski definition) is 8. The van der Waals surface area contributed by atoms with Gasteiger partial charge in [-0.1, -0.05) is 11.6 Å². The number of hydrogen-bond donors (Lipinski definition) is 2. The second-order valence-corrected chi connectivity index (χ2v) is 9.71. The molecule has 12 heteroatoms. The SMILES string of the molecule is Cc1cc(C)nc(NS(=O)(=O)c2ccc(NC(=O)CN3CC(=O)Oc4ccc(Cl)cc43)cc2)n1. The lowest BCUT2D eigenvalue weighted by molar-refractivity contribution is -0.133. The van der Waals surface area contributed by atoms with Crippen LogP contribution in [0, 0.1) is 13.8 Å². The van der Waals surface area contributed by atoms with E-state index in [-0.39, 0.29) is 23.9 Å².